The summed E-state index contributed by atoms with van der Waals surface area (Å²) in [5.74, 6) is 2.87. The summed E-state index contributed by atoms with van der Waals surface area (Å²) in [6, 6.07) is 11.3. The van der Waals surface area contributed by atoms with Crippen LogP contribution in [-0.2, 0) is 11.3 Å². The zero-order valence-corrected chi connectivity index (χ0v) is 19.0. The third-order valence-electron chi connectivity index (χ3n) is 4.99. The van der Waals surface area contributed by atoms with Crippen molar-refractivity contribution in [2.24, 2.45) is 4.99 Å². The lowest BCUT2D eigenvalue weighted by molar-refractivity contribution is -0.127. The number of hydrogen-bond donors (Lipinski definition) is 2. The Morgan fingerprint density at radius 3 is 2.69 bits per heavy atom. The fraction of sp³-hybridized carbons (Fsp3) is 0.458. The number of rotatable bonds is 11. The summed E-state index contributed by atoms with van der Waals surface area (Å²) in [6.07, 6.45) is 4.33. The van der Waals surface area contributed by atoms with Gasteiger partial charge < -0.3 is 25.0 Å². The van der Waals surface area contributed by atoms with Crippen molar-refractivity contribution < 1.29 is 14.3 Å². The smallest absolute Gasteiger partial charge is 0.222 e. The van der Waals surface area contributed by atoms with Crippen molar-refractivity contribution in [1.82, 2.24) is 20.5 Å². The molecule has 2 N–H and O–H groups in total. The molecule has 8 heteroatoms. The van der Waals surface area contributed by atoms with Gasteiger partial charge in [-0.1, -0.05) is 18.2 Å². The zero-order valence-electron chi connectivity index (χ0n) is 19.0. The average Bonchev–Trinajstić information content (AvgIpc) is 3.22. The molecule has 0 saturated carbocycles. The Labute approximate surface area is 190 Å². The molecule has 3 rings (SSSR count). The first-order valence-corrected chi connectivity index (χ1v) is 11.3. The molecule has 0 bridgehead atoms. The van der Waals surface area contributed by atoms with Crippen LogP contribution in [0.4, 0.5) is 0 Å². The van der Waals surface area contributed by atoms with E-state index < -0.39 is 0 Å². The number of nitrogens with one attached hydrogen (secondary N) is 2. The Morgan fingerprint density at radius 1 is 1.16 bits per heavy atom. The lowest BCUT2D eigenvalue weighted by Crippen LogP contribution is -2.39. The van der Waals surface area contributed by atoms with E-state index in [9.17, 15) is 4.79 Å². The number of carbonyl (C=O) groups excluding carboxylic acids is 1. The van der Waals surface area contributed by atoms with E-state index in [1.807, 2.05) is 55.1 Å². The summed E-state index contributed by atoms with van der Waals surface area (Å²) in [6.45, 7) is 8.27. The molecule has 0 spiro atoms. The van der Waals surface area contributed by atoms with Crippen LogP contribution in [0, 0.1) is 0 Å². The number of pyridine rings is 1. The lowest BCUT2D eigenvalue weighted by Gasteiger charge is -2.16. The van der Waals surface area contributed by atoms with Gasteiger partial charge in [-0.3, -0.25) is 4.79 Å². The molecule has 0 atom stereocenters. The number of guanidine groups is 1. The molecule has 8 nitrogen and oxygen atoms in total. The Kier molecular flexibility index (Phi) is 9.16. The molecule has 2 aromatic rings. The summed E-state index contributed by atoms with van der Waals surface area (Å²) in [5, 5.41) is 6.59. The van der Waals surface area contributed by atoms with E-state index in [4.69, 9.17) is 9.47 Å². The molecule has 2 heterocycles. The van der Waals surface area contributed by atoms with E-state index in [0.29, 0.717) is 37.0 Å². The Bertz CT molecular complexity index is 885. The zero-order chi connectivity index (χ0) is 22.6. The lowest BCUT2D eigenvalue weighted by atomic mass is 10.3. The van der Waals surface area contributed by atoms with Gasteiger partial charge in [-0.05, 0) is 44.4 Å². The second-order valence-electron chi connectivity index (χ2n) is 7.45. The maximum Gasteiger partial charge on any atom is 0.222 e. The Hall–Kier alpha value is -3.29. The number of aliphatic imine (C=N–C) groups is 1. The van der Waals surface area contributed by atoms with E-state index in [-0.39, 0.29) is 5.91 Å². The summed E-state index contributed by atoms with van der Waals surface area (Å²) in [7, 11) is 0. The van der Waals surface area contributed by atoms with Gasteiger partial charge in [-0.25, -0.2) is 9.98 Å². The van der Waals surface area contributed by atoms with Crippen molar-refractivity contribution in [2.75, 3.05) is 32.8 Å². The SMILES string of the molecule is CCNC(=NCc1ccc(Oc2ccccc2OCC)nc1)NCCCN1CCCC1=O. The quantitative estimate of drug-likeness (QED) is 0.317. The number of para-hydroxylation sites is 2. The minimum atomic E-state index is 0.270. The third kappa shape index (κ3) is 7.14. The number of nitrogens with zero attached hydrogens (tertiary/aromatic N) is 3. The molecule has 1 aromatic heterocycles. The molecule has 1 amide bonds. The molecule has 1 aliphatic heterocycles. The minimum absolute atomic E-state index is 0.270. The molecule has 1 saturated heterocycles. The number of likely N-dealkylation sites (tertiary alicyclic amines) is 1. The normalized spacial score (nSPS) is 13.9. The number of carbonyl (C=O) groups is 1. The van der Waals surface area contributed by atoms with Gasteiger partial charge in [0.1, 0.15) is 0 Å². The summed E-state index contributed by atoms with van der Waals surface area (Å²) in [5.41, 5.74) is 0.982. The monoisotopic (exact) mass is 439 g/mol. The Balaban J connectivity index is 1.49. The molecule has 1 fully saturated rings. The third-order valence-corrected chi connectivity index (χ3v) is 4.99. The minimum Gasteiger partial charge on any atom is -0.490 e. The van der Waals surface area contributed by atoms with Crippen molar-refractivity contribution in [3.8, 4) is 17.4 Å². The van der Waals surface area contributed by atoms with Gasteiger partial charge >= 0.3 is 0 Å². The number of hydrogen-bond acceptors (Lipinski definition) is 5. The van der Waals surface area contributed by atoms with E-state index in [1.54, 1.807) is 6.20 Å². The topological polar surface area (TPSA) is 88.1 Å². The number of ether oxygens (including phenoxy) is 2. The highest BCUT2D eigenvalue weighted by Crippen LogP contribution is 2.30. The number of aromatic nitrogens is 1. The summed E-state index contributed by atoms with van der Waals surface area (Å²) in [4.78, 5) is 22.7. The van der Waals surface area contributed by atoms with Gasteiger partial charge in [0, 0.05) is 44.9 Å². The van der Waals surface area contributed by atoms with Crippen molar-refractivity contribution in [2.45, 2.75) is 39.7 Å². The van der Waals surface area contributed by atoms with Gasteiger partial charge in [0.25, 0.3) is 0 Å². The molecule has 1 aliphatic rings. The standard InChI is InChI=1S/C24H33N5O3/c1-3-25-24(26-14-8-16-29-15-7-11-23(29)30)28-18-19-12-13-22(27-17-19)32-21-10-6-5-9-20(21)31-4-2/h5-6,9-10,12-13,17H,3-4,7-8,11,14-16,18H2,1-2H3,(H2,25,26,28). The van der Waals surface area contributed by atoms with E-state index >= 15 is 0 Å². The van der Waals surface area contributed by atoms with Crippen LogP contribution < -0.4 is 20.1 Å². The van der Waals surface area contributed by atoms with Crippen molar-refractivity contribution in [3.63, 3.8) is 0 Å². The summed E-state index contributed by atoms with van der Waals surface area (Å²) < 4.78 is 11.5. The van der Waals surface area contributed by atoms with Crippen LogP contribution in [0.1, 0.15) is 38.7 Å². The van der Waals surface area contributed by atoms with Crippen LogP contribution in [0.2, 0.25) is 0 Å². The van der Waals surface area contributed by atoms with Crippen LogP contribution in [0.25, 0.3) is 0 Å². The summed E-state index contributed by atoms with van der Waals surface area (Å²) >= 11 is 0. The average molecular weight is 440 g/mol. The maximum absolute atomic E-state index is 11.7. The van der Waals surface area contributed by atoms with E-state index in [2.05, 4.69) is 20.6 Å². The van der Waals surface area contributed by atoms with Gasteiger partial charge in [-0.15, -0.1) is 0 Å². The van der Waals surface area contributed by atoms with Crippen molar-refractivity contribution >= 4 is 11.9 Å². The van der Waals surface area contributed by atoms with Crippen LogP contribution >= 0.6 is 0 Å². The van der Waals surface area contributed by atoms with Crippen LogP contribution in [0.5, 0.6) is 17.4 Å². The van der Waals surface area contributed by atoms with Gasteiger partial charge in [-0.2, -0.15) is 0 Å². The molecule has 172 valence electrons. The molecule has 0 radical (unpaired) electrons. The van der Waals surface area contributed by atoms with E-state index in [1.165, 1.54) is 0 Å². The van der Waals surface area contributed by atoms with Gasteiger partial charge in [0.05, 0.1) is 13.2 Å². The first-order valence-electron chi connectivity index (χ1n) is 11.3. The van der Waals surface area contributed by atoms with Gasteiger partial charge in [0.2, 0.25) is 11.8 Å². The van der Waals surface area contributed by atoms with Crippen molar-refractivity contribution in [3.05, 3.63) is 48.2 Å². The first-order chi connectivity index (χ1) is 15.7. The highest BCUT2D eigenvalue weighted by atomic mass is 16.5. The first kappa shape index (κ1) is 23.4. The molecule has 0 aliphatic carbocycles. The number of amides is 1. The fourth-order valence-electron chi connectivity index (χ4n) is 3.42. The maximum atomic E-state index is 11.7. The molecular formula is C24H33N5O3. The highest BCUT2D eigenvalue weighted by molar-refractivity contribution is 5.79. The largest absolute Gasteiger partial charge is 0.490 e. The van der Waals surface area contributed by atoms with Crippen LogP contribution in [-0.4, -0.2) is 54.5 Å². The predicted molar refractivity (Wildman–Crippen MR) is 125 cm³/mol. The number of benzene rings is 1. The highest BCUT2D eigenvalue weighted by Gasteiger charge is 2.18. The van der Waals surface area contributed by atoms with Gasteiger partial charge in [0.15, 0.2) is 17.5 Å². The predicted octanol–water partition coefficient (Wildman–Crippen LogP) is 3.34. The Morgan fingerprint density at radius 2 is 2.00 bits per heavy atom. The molecule has 0 unspecified atom stereocenters. The van der Waals surface area contributed by atoms with Crippen LogP contribution in [0.15, 0.2) is 47.6 Å². The van der Waals surface area contributed by atoms with E-state index in [0.717, 1.165) is 50.5 Å². The van der Waals surface area contributed by atoms with Crippen LogP contribution in [0.3, 0.4) is 0 Å². The molecule has 1 aromatic carbocycles. The molecule has 32 heavy (non-hydrogen) atoms. The van der Waals surface area contributed by atoms with Crippen molar-refractivity contribution in [1.29, 1.82) is 0 Å². The fourth-order valence-corrected chi connectivity index (χ4v) is 3.42. The molecular weight excluding hydrogens is 406 g/mol. The second-order valence-corrected chi connectivity index (χ2v) is 7.45. The second kappa shape index (κ2) is 12.5.